The van der Waals surface area contributed by atoms with Crippen LogP contribution >= 0.6 is 24.0 Å². The number of ketones is 1. The molecular weight excluding hydrogens is 446 g/mol. The summed E-state index contributed by atoms with van der Waals surface area (Å²) in [5, 5.41) is 2.71. The lowest BCUT2D eigenvalue weighted by Gasteiger charge is -2.12. The van der Waals surface area contributed by atoms with Crippen molar-refractivity contribution < 1.29 is 9.59 Å². The highest BCUT2D eigenvalue weighted by Gasteiger charge is 2.26. The van der Waals surface area contributed by atoms with Gasteiger partial charge in [-0.3, -0.25) is 9.59 Å². The second-order valence-corrected chi connectivity index (χ2v) is 9.64. The Hall–Kier alpha value is -3.28. The third-order valence-corrected chi connectivity index (χ3v) is 6.66. The number of rotatable bonds is 6. The third-order valence-electron chi connectivity index (χ3n) is 5.41. The number of hydrogen-bond acceptors (Lipinski definition) is 4. The number of carbonyl (C=O) groups excluding carboxylic acids is 2. The molecule has 0 saturated carbocycles. The minimum Gasteiger partial charge on any atom is -0.307 e. The summed E-state index contributed by atoms with van der Waals surface area (Å²) in [6.45, 7) is 4.02. The van der Waals surface area contributed by atoms with E-state index in [-0.39, 0.29) is 18.1 Å². The third kappa shape index (κ3) is 5.56. The SMILES string of the molecule is Cc1ccc(C(=O)C/C(=C\C(=C2\SC(=S)NC2=O)c2ccc(C)cc2)c2ccccc2)cc1. The van der Waals surface area contributed by atoms with Gasteiger partial charge in [-0.25, -0.2) is 0 Å². The van der Waals surface area contributed by atoms with Crippen LogP contribution in [0.1, 0.15) is 39.0 Å². The fourth-order valence-electron chi connectivity index (χ4n) is 3.58. The topological polar surface area (TPSA) is 46.2 Å². The molecule has 0 aromatic heterocycles. The molecule has 0 unspecified atom stereocenters. The van der Waals surface area contributed by atoms with Gasteiger partial charge in [-0.15, -0.1) is 0 Å². The van der Waals surface area contributed by atoms with Gasteiger partial charge in [-0.1, -0.05) is 114 Å². The Balaban J connectivity index is 1.83. The maximum atomic E-state index is 13.2. The van der Waals surface area contributed by atoms with Crippen molar-refractivity contribution in [2.45, 2.75) is 20.3 Å². The molecule has 1 fully saturated rings. The molecule has 1 aliphatic rings. The number of benzene rings is 3. The molecular formula is C28H23NO2S2. The van der Waals surface area contributed by atoms with E-state index in [1.54, 1.807) is 0 Å². The Kier molecular flexibility index (Phi) is 7.02. The van der Waals surface area contributed by atoms with Crippen molar-refractivity contribution in [3.8, 4) is 0 Å². The van der Waals surface area contributed by atoms with Gasteiger partial charge in [0.25, 0.3) is 5.91 Å². The van der Waals surface area contributed by atoms with E-state index < -0.39 is 0 Å². The van der Waals surface area contributed by atoms with Crippen LogP contribution in [0.4, 0.5) is 0 Å². The largest absolute Gasteiger partial charge is 0.307 e. The molecule has 1 aliphatic heterocycles. The molecule has 1 N–H and O–H groups in total. The van der Waals surface area contributed by atoms with E-state index in [0.29, 0.717) is 14.8 Å². The molecule has 164 valence electrons. The number of Topliss-reactive ketones (excluding diaryl/α,β-unsaturated/α-hetero) is 1. The first-order valence-electron chi connectivity index (χ1n) is 10.6. The lowest BCUT2D eigenvalue weighted by atomic mass is 9.93. The maximum Gasteiger partial charge on any atom is 0.264 e. The number of hydrogen-bond donors (Lipinski definition) is 1. The molecule has 4 rings (SSSR count). The van der Waals surface area contributed by atoms with Gasteiger partial charge in [-0.2, -0.15) is 0 Å². The molecule has 1 heterocycles. The molecule has 3 aromatic rings. The summed E-state index contributed by atoms with van der Waals surface area (Å²) < 4.78 is 0.435. The minimum absolute atomic E-state index is 0.0254. The number of aryl methyl sites for hydroxylation is 2. The van der Waals surface area contributed by atoms with Crippen molar-refractivity contribution in [3.63, 3.8) is 0 Å². The number of amides is 1. The zero-order valence-electron chi connectivity index (χ0n) is 18.4. The first-order valence-corrected chi connectivity index (χ1v) is 11.8. The first kappa shape index (κ1) is 22.9. The molecule has 1 amide bonds. The van der Waals surface area contributed by atoms with Gasteiger partial charge >= 0.3 is 0 Å². The van der Waals surface area contributed by atoms with Crippen molar-refractivity contribution >= 4 is 51.1 Å². The van der Waals surface area contributed by atoms with E-state index in [1.165, 1.54) is 11.8 Å². The molecule has 33 heavy (non-hydrogen) atoms. The number of nitrogens with one attached hydrogen (secondary N) is 1. The lowest BCUT2D eigenvalue weighted by Crippen LogP contribution is -2.18. The van der Waals surface area contributed by atoms with Crippen LogP contribution in [-0.4, -0.2) is 16.0 Å². The van der Waals surface area contributed by atoms with Crippen LogP contribution in [-0.2, 0) is 4.79 Å². The van der Waals surface area contributed by atoms with Crippen LogP contribution in [0.5, 0.6) is 0 Å². The van der Waals surface area contributed by atoms with E-state index in [1.807, 2.05) is 98.8 Å². The van der Waals surface area contributed by atoms with E-state index in [0.717, 1.165) is 33.4 Å². The second kappa shape index (κ2) is 10.1. The predicted molar refractivity (Wildman–Crippen MR) is 141 cm³/mol. The number of thioether (sulfide) groups is 1. The Morgan fingerprint density at radius 2 is 1.42 bits per heavy atom. The molecule has 3 nitrogen and oxygen atoms in total. The monoisotopic (exact) mass is 469 g/mol. The van der Waals surface area contributed by atoms with Crippen molar-refractivity contribution in [2.24, 2.45) is 0 Å². The van der Waals surface area contributed by atoms with E-state index in [4.69, 9.17) is 12.2 Å². The average Bonchev–Trinajstić information content (AvgIpc) is 3.15. The van der Waals surface area contributed by atoms with Crippen LogP contribution in [0, 0.1) is 13.8 Å². The number of allylic oxidation sites excluding steroid dienone is 3. The van der Waals surface area contributed by atoms with Gasteiger partial charge in [0.15, 0.2) is 5.78 Å². The fourth-order valence-corrected chi connectivity index (χ4v) is 4.68. The Morgan fingerprint density at radius 3 is 1.97 bits per heavy atom. The summed E-state index contributed by atoms with van der Waals surface area (Å²) in [5.74, 6) is -0.188. The van der Waals surface area contributed by atoms with E-state index in [2.05, 4.69) is 5.32 Å². The Labute approximate surface area is 203 Å². The minimum atomic E-state index is -0.214. The predicted octanol–water partition coefficient (Wildman–Crippen LogP) is 6.52. The highest BCUT2D eigenvalue weighted by Crippen LogP contribution is 2.35. The molecule has 0 radical (unpaired) electrons. The van der Waals surface area contributed by atoms with Gasteiger partial charge in [0.05, 0.1) is 4.91 Å². The first-order chi connectivity index (χ1) is 15.9. The Morgan fingerprint density at radius 1 is 0.848 bits per heavy atom. The smallest absolute Gasteiger partial charge is 0.264 e. The molecule has 5 heteroatoms. The lowest BCUT2D eigenvalue weighted by molar-refractivity contribution is -0.115. The van der Waals surface area contributed by atoms with Gasteiger partial charge < -0.3 is 5.32 Å². The van der Waals surface area contributed by atoms with Gasteiger partial charge in [-0.05, 0) is 36.6 Å². The molecule has 1 saturated heterocycles. The average molecular weight is 470 g/mol. The zero-order valence-corrected chi connectivity index (χ0v) is 20.1. The summed E-state index contributed by atoms with van der Waals surface area (Å²) in [4.78, 5) is 26.4. The van der Waals surface area contributed by atoms with Crippen LogP contribution in [0.3, 0.4) is 0 Å². The zero-order chi connectivity index (χ0) is 23.4. The Bertz CT molecular complexity index is 1270. The normalized spacial score (nSPS) is 15.4. The van der Waals surface area contributed by atoms with Crippen LogP contribution in [0.15, 0.2) is 89.8 Å². The van der Waals surface area contributed by atoms with Crippen molar-refractivity contribution in [1.82, 2.24) is 5.32 Å². The number of thiocarbonyl (C=S) groups is 1. The quantitative estimate of drug-likeness (QED) is 0.254. The summed E-state index contributed by atoms with van der Waals surface area (Å²) in [5.41, 5.74) is 6.35. The highest BCUT2D eigenvalue weighted by molar-refractivity contribution is 8.26. The molecule has 0 bridgehead atoms. The van der Waals surface area contributed by atoms with Gasteiger partial charge in [0.2, 0.25) is 0 Å². The second-order valence-electron chi connectivity index (χ2n) is 7.95. The fraction of sp³-hybridized carbons (Fsp3) is 0.107. The summed E-state index contributed by atoms with van der Waals surface area (Å²) in [6, 6.07) is 25.4. The van der Waals surface area contributed by atoms with Crippen molar-refractivity contribution in [3.05, 3.63) is 118 Å². The van der Waals surface area contributed by atoms with Crippen LogP contribution in [0.25, 0.3) is 11.1 Å². The molecule has 0 aliphatic carbocycles. The van der Waals surface area contributed by atoms with E-state index >= 15 is 0 Å². The maximum absolute atomic E-state index is 13.2. The molecule has 3 aromatic carbocycles. The van der Waals surface area contributed by atoms with Gasteiger partial charge in [0, 0.05) is 17.6 Å². The molecule has 0 spiro atoms. The summed E-state index contributed by atoms with van der Waals surface area (Å²) in [7, 11) is 0. The van der Waals surface area contributed by atoms with E-state index in [9.17, 15) is 9.59 Å². The van der Waals surface area contributed by atoms with Gasteiger partial charge in [0.1, 0.15) is 4.32 Å². The van der Waals surface area contributed by atoms with Crippen molar-refractivity contribution in [2.75, 3.05) is 0 Å². The van der Waals surface area contributed by atoms with Crippen LogP contribution in [0.2, 0.25) is 0 Å². The van der Waals surface area contributed by atoms with Crippen molar-refractivity contribution in [1.29, 1.82) is 0 Å². The molecule has 0 atom stereocenters. The standard InChI is InChI=1S/C28H23NO2S2/c1-18-8-12-21(13-9-18)24(26-27(31)29-28(32)33-26)16-23(20-6-4-3-5-7-20)17-25(30)22-14-10-19(2)11-15-22/h3-16H,17H2,1-2H3,(H,29,31,32)/b23-16+,26-24-. The highest BCUT2D eigenvalue weighted by atomic mass is 32.2. The summed E-state index contributed by atoms with van der Waals surface area (Å²) in [6.07, 6.45) is 2.17. The van der Waals surface area contributed by atoms with Crippen LogP contribution < -0.4 is 5.32 Å². The number of carbonyl (C=O) groups is 2. The summed E-state index contributed by atoms with van der Waals surface area (Å²) >= 11 is 6.49.